The van der Waals surface area contributed by atoms with E-state index in [1.165, 1.54) is 0 Å². The molecule has 7 nitrogen and oxygen atoms in total. The van der Waals surface area contributed by atoms with Crippen molar-refractivity contribution in [3.8, 4) is 5.75 Å². The summed E-state index contributed by atoms with van der Waals surface area (Å²) in [5.74, 6) is -0.850. The first-order chi connectivity index (χ1) is 15.5. The van der Waals surface area contributed by atoms with Crippen LogP contribution in [0.3, 0.4) is 0 Å². The van der Waals surface area contributed by atoms with Gasteiger partial charge in [0.1, 0.15) is 11.5 Å². The second-order valence-corrected chi connectivity index (χ2v) is 8.30. The fraction of sp³-hybridized carbons (Fsp3) is 0.333. The molecule has 2 saturated heterocycles. The normalized spacial score (nSPS) is 21.2. The van der Waals surface area contributed by atoms with Crippen LogP contribution in [0.4, 0.5) is 0 Å². The van der Waals surface area contributed by atoms with Gasteiger partial charge >= 0.3 is 0 Å². The van der Waals surface area contributed by atoms with E-state index in [0.717, 1.165) is 31.7 Å². The number of nitrogens with zero attached hydrogens (tertiary/aromatic N) is 2. The van der Waals surface area contributed by atoms with Gasteiger partial charge in [-0.1, -0.05) is 23.7 Å². The number of amides is 1. The van der Waals surface area contributed by atoms with Crippen LogP contribution in [-0.4, -0.2) is 73.0 Å². The Balaban J connectivity index is 1.71. The summed E-state index contributed by atoms with van der Waals surface area (Å²) in [7, 11) is 1.55. The topological polar surface area (TPSA) is 82.1 Å². The molecule has 1 amide bonds. The number of ether oxygens (including phenoxy) is 1. The van der Waals surface area contributed by atoms with Crippen LogP contribution < -0.4 is 10.1 Å². The van der Waals surface area contributed by atoms with Crippen molar-refractivity contribution in [1.82, 2.24) is 15.1 Å². The van der Waals surface area contributed by atoms with E-state index < -0.39 is 17.7 Å². The number of methoxy groups -OCH3 is 1. The zero-order chi connectivity index (χ0) is 22.7. The Labute approximate surface area is 192 Å². The number of ketones is 1. The van der Waals surface area contributed by atoms with Gasteiger partial charge in [-0.3, -0.25) is 14.5 Å². The Kier molecular flexibility index (Phi) is 6.79. The minimum Gasteiger partial charge on any atom is -0.507 e. The Hall–Kier alpha value is -2.87. The van der Waals surface area contributed by atoms with Gasteiger partial charge in [-0.15, -0.1) is 0 Å². The van der Waals surface area contributed by atoms with Crippen LogP contribution in [0.15, 0.2) is 54.1 Å². The summed E-state index contributed by atoms with van der Waals surface area (Å²) >= 11 is 6.06. The van der Waals surface area contributed by atoms with E-state index in [-0.39, 0.29) is 11.3 Å². The third-order valence-corrected chi connectivity index (χ3v) is 6.21. The van der Waals surface area contributed by atoms with Gasteiger partial charge in [-0.25, -0.2) is 0 Å². The highest BCUT2D eigenvalue weighted by atomic mass is 35.5. The van der Waals surface area contributed by atoms with Crippen molar-refractivity contribution >= 4 is 29.1 Å². The number of aliphatic hydroxyl groups excluding tert-OH is 1. The average Bonchev–Trinajstić information content (AvgIpc) is 3.08. The molecule has 168 valence electrons. The van der Waals surface area contributed by atoms with E-state index >= 15 is 0 Å². The van der Waals surface area contributed by atoms with Crippen molar-refractivity contribution in [2.45, 2.75) is 6.04 Å². The molecular formula is C24H26ClN3O4. The van der Waals surface area contributed by atoms with Crippen molar-refractivity contribution < 1.29 is 19.4 Å². The van der Waals surface area contributed by atoms with Gasteiger partial charge in [0.25, 0.3) is 11.7 Å². The highest BCUT2D eigenvalue weighted by molar-refractivity contribution is 6.46. The smallest absolute Gasteiger partial charge is 0.295 e. The molecule has 0 aliphatic carbocycles. The molecule has 2 aliphatic heterocycles. The molecule has 0 saturated carbocycles. The van der Waals surface area contributed by atoms with Crippen LogP contribution in [0, 0.1) is 0 Å². The standard InChI is InChI=1S/C24H26ClN3O4/c1-32-19-8-4-17(5-9-19)22(29)20-21(16-2-6-18(25)7-3-16)28(24(31)23(20)30)15-14-27-12-10-26-11-13-27/h2-9,21,26,29H,10-15H2,1H3/b22-20+. The van der Waals surface area contributed by atoms with E-state index in [1.807, 2.05) is 0 Å². The summed E-state index contributed by atoms with van der Waals surface area (Å²) in [4.78, 5) is 29.9. The molecular weight excluding hydrogens is 430 g/mol. The van der Waals surface area contributed by atoms with E-state index in [0.29, 0.717) is 29.4 Å². The molecule has 2 aromatic carbocycles. The summed E-state index contributed by atoms with van der Waals surface area (Å²) in [6, 6.07) is 13.1. The number of piperazine rings is 1. The zero-order valence-corrected chi connectivity index (χ0v) is 18.6. The number of benzene rings is 2. The second kappa shape index (κ2) is 9.73. The number of aliphatic hydroxyl groups is 1. The van der Waals surface area contributed by atoms with E-state index in [1.54, 1.807) is 60.5 Å². The lowest BCUT2D eigenvalue weighted by molar-refractivity contribution is -0.140. The lowest BCUT2D eigenvalue weighted by atomic mass is 9.95. The maximum Gasteiger partial charge on any atom is 0.295 e. The summed E-state index contributed by atoms with van der Waals surface area (Å²) < 4.78 is 5.17. The SMILES string of the molecule is COc1ccc(/C(O)=C2\C(=O)C(=O)N(CCN3CCNCC3)C2c2ccc(Cl)cc2)cc1. The van der Waals surface area contributed by atoms with Gasteiger partial charge in [0, 0.05) is 49.9 Å². The third kappa shape index (κ3) is 4.50. The lowest BCUT2D eigenvalue weighted by Crippen LogP contribution is -2.46. The highest BCUT2D eigenvalue weighted by Gasteiger charge is 2.46. The van der Waals surface area contributed by atoms with Crippen LogP contribution >= 0.6 is 11.6 Å². The predicted octanol–water partition coefficient (Wildman–Crippen LogP) is 2.68. The molecule has 0 aromatic heterocycles. The maximum atomic E-state index is 13.1. The van der Waals surface area contributed by atoms with Crippen LogP contribution in [-0.2, 0) is 9.59 Å². The molecule has 1 atom stereocenters. The number of Topliss-reactive ketones (excluding diaryl/α,β-unsaturated/α-hetero) is 1. The number of nitrogens with one attached hydrogen (secondary N) is 1. The highest BCUT2D eigenvalue weighted by Crippen LogP contribution is 2.39. The predicted molar refractivity (Wildman–Crippen MR) is 123 cm³/mol. The molecule has 32 heavy (non-hydrogen) atoms. The fourth-order valence-corrected chi connectivity index (χ4v) is 4.32. The van der Waals surface area contributed by atoms with Crippen LogP contribution in [0.5, 0.6) is 5.75 Å². The monoisotopic (exact) mass is 455 g/mol. The van der Waals surface area contributed by atoms with Crippen LogP contribution in [0.1, 0.15) is 17.2 Å². The molecule has 1 unspecified atom stereocenters. The number of hydrogen-bond acceptors (Lipinski definition) is 6. The molecule has 0 radical (unpaired) electrons. The Bertz CT molecular complexity index is 1010. The number of halogens is 1. The van der Waals surface area contributed by atoms with Crippen molar-refractivity contribution in [3.05, 3.63) is 70.3 Å². The van der Waals surface area contributed by atoms with Crippen molar-refractivity contribution in [1.29, 1.82) is 0 Å². The fourth-order valence-electron chi connectivity index (χ4n) is 4.19. The largest absolute Gasteiger partial charge is 0.507 e. The molecule has 0 spiro atoms. The summed E-state index contributed by atoms with van der Waals surface area (Å²) in [5, 5.41) is 15.0. The van der Waals surface area contributed by atoms with E-state index in [2.05, 4.69) is 10.2 Å². The lowest BCUT2D eigenvalue weighted by Gasteiger charge is -2.31. The van der Waals surface area contributed by atoms with Crippen molar-refractivity contribution in [3.63, 3.8) is 0 Å². The summed E-state index contributed by atoms with van der Waals surface area (Å²) in [6.45, 7) is 4.62. The van der Waals surface area contributed by atoms with Crippen LogP contribution in [0.25, 0.3) is 5.76 Å². The minimum absolute atomic E-state index is 0.0859. The number of carbonyl (C=O) groups excluding carboxylic acids is 2. The average molecular weight is 456 g/mol. The number of rotatable bonds is 6. The maximum absolute atomic E-state index is 13.1. The number of likely N-dealkylation sites (tertiary alicyclic amines) is 1. The molecule has 2 heterocycles. The molecule has 2 fully saturated rings. The van der Waals surface area contributed by atoms with Crippen molar-refractivity contribution in [2.75, 3.05) is 46.4 Å². The number of hydrogen-bond donors (Lipinski definition) is 2. The summed E-state index contributed by atoms with van der Waals surface area (Å²) in [6.07, 6.45) is 0. The molecule has 2 aliphatic rings. The van der Waals surface area contributed by atoms with Gasteiger partial charge in [0.15, 0.2) is 0 Å². The van der Waals surface area contributed by atoms with Gasteiger partial charge < -0.3 is 20.1 Å². The first kappa shape index (κ1) is 22.3. The molecule has 8 heteroatoms. The zero-order valence-electron chi connectivity index (χ0n) is 17.9. The van der Waals surface area contributed by atoms with Gasteiger partial charge in [-0.05, 0) is 42.0 Å². The van der Waals surface area contributed by atoms with Gasteiger partial charge in [-0.2, -0.15) is 0 Å². The molecule has 4 rings (SSSR count). The minimum atomic E-state index is -0.683. The first-order valence-electron chi connectivity index (χ1n) is 10.6. The van der Waals surface area contributed by atoms with Crippen LogP contribution in [0.2, 0.25) is 5.02 Å². The second-order valence-electron chi connectivity index (χ2n) is 7.86. The van der Waals surface area contributed by atoms with E-state index in [4.69, 9.17) is 16.3 Å². The first-order valence-corrected chi connectivity index (χ1v) is 11.0. The Morgan fingerprint density at radius 1 is 1.06 bits per heavy atom. The van der Waals surface area contributed by atoms with E-state index in [9.17, 15) is 14.7 Å². The Morgan fingerprint density at radius 3 is 2.34 bits per heavy atom. The van der Waals surface area contributed by atoms with Gasteiger partial charge in [0.2, 0.25) is 0 Å². The molecule has 2 N–H and O–H groups in total. The van der Waals surface area contributed by atoms with Gasteiger partial charge in [0.05, 0.1) is 18.7 Å². The number of carbonyl (C=O) groups is 2. The summed E-state index contributed by atoms with van der Waals surface area (Å²) in [5.41, 5.74) is 1.26. The molecule has 0 bridgehead atoms. The third-order valence-electron chi connectivity index (χ3n) is 5.96. The Morgan fingerprint density at radius 2 is 1.72 bits per heavy atom. The van der Waals surface area contributed by atoms with Crippen molar-refractivity contribution in [2.24, 2.45) is 0 Å². The molecule has 2 aromatic rings. The quantitative estimate of drug-likeness (QED) is 0.396.